The minimum Gasteiger partial charge on any atom is -0.467 e. The number of carbonyl (C=O) groups excluding carboxylic acids is 1. The number of hydrogen-bond donors (Lipinski definition) is 1. The molecule has 0 aliphatic carbocycles. The number of amides is 1. The van der Waals surface area contributed by atoms with Crippen LogP contribution >= 0.6 is 0 Å². The molecule has 2 aromatic heterocycles. The molecule has 2 aromatic carbocycles. The maximum Gasteiger partial charge on any atom is 0.261 e. The van der Waals surface area contributed by atoms with E-state index in [0.717, 1.165) is 0 Å². The molecular formula is C23H20N2O5S. The Hall–Kier alpha value is -3.78. The highest BCUT2D eigenvalue weighted by molar-refractivity contribution is 7.92. The molecule has 0 bridgehead atoms. The van der Waals surface area contributed by atoms with Crippen LogP contribution in [-0.2, 0) is 23.1 Å². The molecule has 4 rings (SSSR count). The highest BCUT2D eigenvalue weighted by Gasteiger charge is 2.20. The van der Waals surface area contributed by atoms with Crippen LogP contribution in [0.25, 0.3) is 0 Å². The quantitative estimate of drug-likeness (QED) is 0.438. The molecule has 7 nitrogen and oxygen atoms in total. The largest absolute Gasteiger partial charge is 0.467 e. The third-order valence-electron chi connectivity index (χ3n) is 4.58. The van der Waals surface area contributed by atoms with Crippen molar-refractivity contribution in [1.82, 2.24) is 4.90 Å². The Morgan fingerprint density at radius 1 is 0.774 bits per heavy atom. The molecule has 2 heterocycles. The number of nitrogens with one attached hydrogen (secondary N) is 1. The lowest BCUT2D eigenvalue weighted by Gasteiger charge is -2.21. The Kier molecular flexibility index (Phi) is 5.90. The fourth-order valence-electron chi connectivity index (χ4n) is 3.06. The summed E-state index contributed by atoms with van der Waals surface area (Å²) in [5, 5.41) is 0. The van der Waals surface area contributed by atoms with Crippen LogP contribution in [0.15, 0.2) is 105 Å². The fourth-order valence-corrected chi connectivity index (χ4v) is 4.14. The van der Waals surface area contributed by atoms with Crippen LogP contribution in [0, 0.1) is 0 Å². The average Bonchev–Trinajstić information content (AvgIpc) is 3.48. The van der Waals surface area contributed by atoms with Crippen molar-refractivity contribution in [2.24, 2.45) is 0 Å². The SMILES string of the molecule is O=C(c1ccc(NS(=O)(=O)c2ccccc2)cc1)N(Cc1ccco1)Cc1ccco1. The number of rotatable bonds is 8. The molecule has 1 N–H and O–H groups in total. The smallest absolute Gasteiger partial charge is 0.261 e. The van der Waals surface area contributed by atoms with E-state index in [2.05, 4.69) is 4.72 Å². The van der Waals surface area contributed by atoms with E-state index in [1.54, 1.807) is 84.2 Å². The summed E-state index contributed by atoms with van der Waals surface area (Å²) in [4.78, 5) is 14.9. The summed E-state index contributed by atoms with van der Waals surface area (Å²) in [6.07, 6.45) is 3.11. The van der Waals surface area contributed by atoms with Crippen molar-refractivity contribution in [3.8, 4) is 0 Å². The Morgan fingerprint density at radius 3 is 1.87 bits per heavy atom. The zero-order valence-electron chi connectivity index (χ0n) is 16.5. The summed E-state index contributed by atoms with van der Waals surface area (Å²) in [5.41, 5.74) is 0.782. The molecule has 31 heavy (non-hydrogen) atoms. The van der Waals surface area contributed by atoms with Gasteiger partial charge in [0, 0.05) is 11.3 Å². The van der Waals surface area contributed by atoms with E-state index in [-0.39, 0.29) is 23.9 Å². The first-order valence-corrected chi connectivity index (χ1v) is 11.0. The number of hydrogen-bond acceptors (Lipinski definition) is 5. The Bertz CT molecular complexity index is 1180. The highest BCUT2D eigenvalue weighted by atomic mass is 32.2. The molecule has 0 saturated carbocycles. The molecule has 0 atom stereocenters. The van der Waals surface area contributed by atoms with E-state index in [1.807, 2.05) is 0 Å². The van der Waals surface area contributed by atoms with Gasteiger partial charge in [-0.15, -0.1) is 0 Å². The predicted molar refractivity (Wildman–Crippen MR) is 115 cm³/mol. The molecule has 0 spiro atoms. The average molecular weight is 436 g/mol. The van der Waals surface area contributed by atoms with E-state index in [9.17, 15) is 13.2 Å². The van der Waals surface area contributed by atoms with Gasteiger partial charge in [0.05, 0.1) is 30.5 Å². The zero-order chi connectivity index (χ0) is 21.7. The lowest BCUT2D eigenvalue weighted by atomic mass is 10.1. The number of furan rings is 2. The van der Waals surface area contributed by atoms with Gasteiger partial charge >= 0.3 is 0 Å². The van der Waals surface area contributed by atoms with Crippen LogP contribution in [0.5, 0.6) is 0 Å². The normalized spacial score (nSPS) is 11.2. The van der Waals surface area contributed by atoms with Crippen molar-refractivity contribution in [2.75, 3.05) is 4.72 Å². The van der Waals surface area contributed by atoms with E-state index < -0.39 is 10.0 Å². The van der Waals surface area contributed by atoms with Gasteiger partial charge in [-0.2, -0.15) is 0 Å². The van der Waals surface area contributed by atoms with Gasteiger partial charge < -0.3 is 13.7 Å². The van der Waals surface area contributed by atoms with Crippen molar-refractivity contribution in [3.63, 3.8) is 0 Å². The van der Waals surface area contributed by atoms with E-state index >= 15 is 0 Å². The molecule has 8 heteroatoms. The second-order valence-electron chi connectivity index (χ2n) is 6.82. The Balaban J connectivity index is 1.51. The van der Waals surface area contributed by atoms with Crippen LogP contribution in [0.4, 0.5) is 5.69 Å². The van der Waals surface area contributed by atoms with E-state index in [0.29, 0.717) is 22.8 Å². The number of anilines is 1. The molecule has 0 unspecified atom stereocenters. The van der Waals surface area contributed by atoms with Crippen molar-refractivity contribution in [3.05, 3.63) is 108 Å². The molecule has 1 amide bonds. The molecule has 158 valence electrons. The fraction of sp³-hybridized carbons (Fsp3) is 0.0870. The molecule has 4 aromatic rings. The van der Waals surface area contributed by atoms with Crippen molar-refractivity contribution in [2.45, 2.75) is 18.0 Å². The maximum absolute atomic E-state index is 13.1. The second kappa shape index (κ2) is 8.93. The topological polar surface area (TPSA) is 92.8 Å². The lowest BCUT2D eigenvalue weighted by molar-refractivity contribution is 0.0705. The highest BCUT2D eigenvalue weighted by Crippen LogP contribution is 2.19. The van der Waals surface area contributed by atoms with Crippen molar-refractivity contribution in [1.29, 1.82) is 0 Å². The minimum absolute atomic E-state index is 0.165. The maximum atomic E-state index is 13.1. The van der Waals surface area contributed by atoms with Gasteiger partial charge in [-0.25, -0.2) is 8.42 Å². The van der Waals surface area contributed by atoms with Crippen LogP contribution in [0.3, 0.4) is 0 Å². The van der Waals surface area contributed by atoms with Crippen LogP contribution < -0.4 is 4.72 Å². The minimum atomic E-state index is -3.70. The summed E-state index contributed by atoms with van der Waals surface area (Å²) in [5.74, 6) is 1.06. The molecule has 0 radical (unpaired) electrons. The summed E-state index contributed by atoms with van der Waals surface area (Å²) < 4.78 is 38.2. The van der Waals surface area contributed by atoms with Crippen LogP contribution in [0.2, 0.25) is 0 Å². The zero-order valence-corrected chi connectivity index (χ0v) is 17.3. The lowest BCUT2D eigenvalue weighted by Crippen LogP contribution is -2.29. The number of benzene rings is 2. The molecule has 0 aliphatic heterocycles. The number of sulfonamides is 1. The van der Waals surface area contributed by atoms with E-state index in [4.69, 9.17) is 8.83 Å². The van der Waals surface area contributed by atoms with Gasteiger partial charge in [0.1, 0.15) is 11.5 Å². The van der Waals surface area contributed by atoms with Gasteiger partial charge in [-0.3, -0.25) is 9.52 Å². The standard InChI is InChI=1S/C23H20N2O5S/c26-23(25(16-20-6-4-14-29-20)17-21-7-5-15-30-21)18-10-12-19(13-11-18)24-31(27,28)22-8-2-1-3-9-22/h1-15,24H,16-17H2. The molecule has 0 fully saturated rings. The van der Waals surface area contributed by atoms with E-state index in [1.165, 1.54) is 12.1 Å². The molecular weight excluding hydrogens is 416 g/mol. The van der Waals surface area contributed by atoms with Gasteiger partial charge in [0.15, 0.2) is 0 Å². The second-order valence-corrected chi connectivity index (χ2v) is 8.50. The first-order valence-electron chi connectivity index (χ1n) is 9.53. The van der Waals surface area contributed by atoms with Crippen LogP contribution in [0.1, 0.15) is 21.9 Å². The summed E-state index contributed by atoms with van der Waals surface area (Å²) in [6.45, 7) is 0.545. The van der Waals surface area contributed by atoms with Gasteiger partial charge in [-0.05, 0) is 60.7 Å². The summed E-state index contributed by atoms with van der Waals surface area (Å²) in [6, 6.07) is 21.5. The summed E-state index contributed by atoms with van der Waals surface area (Å²) in [7, 11) is -3.70. The van der Waals surface area contributed by atoms with Crippen LogP contribution in [-0.4, -0.2) is 19.2 Å². The number of nitrogens with zero attached hydrogens (tertiary/aromatic N) is 1. The van der Waals surface area contributed by atoms with Gasteiger partial charge in [0.25, 0.3) is 15.9 Å². The molecule has 0 aliphatic rings. The van der Waals surface area contributed by atoms with Crippen molar-refractivity contribution >= 4 is 21.6 Å². The van der Waals surface area contributed by atoms with Crippen molar-refractivity contribution < 1.29 is 22.0 Å². The predicted octanol–water partition coefficient (Wildman–Crippen LogP) is 4.52. The Labute approximate surface area is 180 Å². The summed E-state index contributed by atoms with van der Waals surface area (Å²) >= 11 is 0. The van der Waals surface area contributed by atoms with Gasteiger partial charge in [0.2, 0.25) is 0 Å². The van der Waals surface area contributed by atoms with Gasteiger partial charge in [-0.1, -0.05) is 18.2 Å². The third-order valence-corrected chi connectivity index (χ3v) is 5.98. The Morgan fingerprint density at radius 2 is 1.35 bits per heavy atom. The monoisotopic (exact) mass is 436 g/mol. The number of carbonyl (C=O) groups is 1. The first-order chi connectivity index (χ1) is 15.0. The molecule has 0 saturated heterocycles. The third kappa shape index (κ3) is 5.04. The first kappa shape index (κ1) is 20.5.